The van der Waals surface area contributed by atoms with E-state index in [1.54, 1.807) is 7.11 Å². The summed E-state index contributed by atoms with van der Waals surface area (Å²) in [5.41, 5.74) is 9.48. The molecule has 0 radical (unpaired) electrons. The van der Waals surface area contributed by atoms with Gasteiger partial charge in [0.2, 0.25) is 0 Å². The zero-order chi connectivity index (χ0) is 26.2. The Morgan fingerprint density at radius 3 is 1.68 bits per heavy atom. The van der Waals surface area contributed by atoms with E-state index in [4.69, 9.17) is 4.74 Å². The minimum absolute atomic E-state index is 0.108. The Morgan fingerprint density at radius 2 is 1.16 bits per heavy atom. The van der Waals surface area contributed by atoms with Gasteiger partial charge < -0.3 is 14.5 Å². The van der Waals surface area contributed by atoms with Gasteiger partial charge in [0, 0.05) is 44.0 Å². The van der Waals surface area contributed by atoms with Crippen LogP contribution < -0.4 is 9.80 Å². The van der Waals surface area contributed by atoms with E-state index in [-0.39, 0.29) is 6.10 Å². The van der Waals surface area contributed by atoms with Crippen LogP contribution in [-0.2, 0) is 4.74 Å². The molecule has 0 fully saturated rings. The third-order valence-corrected chi connectivity index (χ3v) is 6.80. The van der Waals surface area contributed by atoms with Gasteiger partial charge in [-0.2, -0.15) is 0 Å². The molecule has 0 spiro atoms. The maximum absolute atomic E-state index is 5.82. The minimum atomic E-state index is -0.108. The van der Waals surface area contributed by atoms with Crippen molar-refractivity contribution in [2.45, 2.75) is 20.0 Å². The van der Waals surface area contributed by atoms with Crippen molar-refractivity contribution in [3.63, 3.8) is 0 Å². The number of para-hydroxylation sites is 2. The summed E-state index contributed by atoms with van der Waals surface area (Å²) in [6.45, 7) is 4.30. The first-order valence-electron chi connectivity index (χ1n) is 12.6. The van der Waals surface area contributed by atoms with Crippen molar-refractivity contribution < 1.29 is 4.74 Å². The predicted molar refractivity (Wildman–Crippen MR) is 159 cm³/mol. The highest BCUT2D eigenvalue weighted by molar-refractivity contribution is 5.67. The molecule has 0 saturated heterocycles. The first-order valence-corrected chi connectivity index (χ1v) is 12.6. The number of nitrogens with zero attached hydrogens (tertiary/aromatic N) is 2. The summed E-state index contributed by atoms with van der Waals surface area (Å²) in [6, 6.07) is 33.9. The second-order valence-corrected chi connectivity index (χ2v) is 9.27. The number of benzene rings is 4. The lowest BCUT2D eigenvalue weighted by atomic mass is 10.0. The fraction of sp³-hybridized carbons (Fsp3) is 0.176. The SMILES string of the molecule is COC(C=CC=Cc1ccc(N(C)c2ccccc2)cc1C)c1ccc(N(C)c2ccccc2)cc1C. The number of hydrogen-bond acceptors (Lipinski definition) is 3. The molecule has 3 heteroatoms. The second-order valence-electron chi connectivity index (χ2n) is 9.27. The minimum Gasteiger partial charge on any atom is -0.373 e. The average Bonchev–Trinajstić information content (AvgIpc) is 2.94. The number of ether oxygens (including phenoxy) is 1. The molecule has 1 atom stereocenters. The van der Waals surface area contributed by atoms with Gasteiger partial charge >= 0.3 is 0 Å². The van der Waals surface area contributed by atoms with E-state index < -0.39 is 0 Å². The molecule has 37 heavy (non-hydrogen) atoms. The Hall–Kier alpha value is -4.08. The highest BCUT2D eigenvalue weighted by Crippen LogP contribution is 2.30. The number of allylic oxidation sites excluding steroid dienone is 2. The normalized spacial score (nSPS) is 12.2. The Labute approximate surface area is 222 Å². The molecular weight excluding hydrogens is 452 g/mol. The van der Waals surface area contributed by atoms with Crippen molar-refractivity contribution in [3.8, 4) is 0 Å². The standard InChI is InChI=1S/C34H36N2O/c1-26-24-31(35(3)29-15-8-6-9-16-29)21-20-28(26)14-12-13-19-34(37-5)33-23-22-32(25-27(33)2)36(4)30-17-10-7-11-18-30/h6-25,34H,1-5H3. The molecule has 0 saturated carbocycles. The molecule has 0 heterocycles. The zero-order valence-corrected chi connectivity index (χ0v) is 22.4. The van der Waals surface area contributed by atoms with Crippen LogP contribution >= 0.6 is 0 Å². The highest BCUT2D eigenvalue weighted by Gasteiger charge is 2.12. The monoisotopic (exact) mass is 488 g/mol. The van der Waals surface area contributed by atoms with Crippen molar-refractivity contribution >= 4 is 28.8 Å². The van der Waals surface area contributed by atoms with Crippen molar-refractivity contribution in [2.24, 2.45) is 0 Å². The van der Waals surface area contributed by atoms with Crippen LogP contribution in [0.1, 0.15) is 28.4 Å². The molecule has 3 nitrogen and oxygen atoms in total. The summed E-state index contributed by atoms with van der Waals surface area (Å²) in [5, 5.41) is 0. The molecular formula is C34H36N2O. The Morgan fingerprint density at radius 1 is 0.622 bits per heavy atom. The molecule has 0 amide bonds. The third-order valence-electron chi connectivity index (χ3n) is 6.80. The van der Waals surface area contributed by atoms with Gasteiger partial charge in [0.25, 0.3) is 0 Å². The largest absolute Gasteiger partial charge is 0.373 e. The van der Waals surface area contributed by atoms with E-state index in [0.717, 1.165) is 11.4 Å². The van der Waals surface area contributed by atoms with Gasteiger partial charge in [0.05, 0.1) is 0 Å². The van der Waals surface area contributed by atoms with E-state index in [9.17, 15) is 0 Å². The number of anilines is 4. The summed E-state index contributed by atoms with van der Waals surface area (Å²) in [5.74, 6) is 0. The molecule has 4 rings (SSSR count). The molecule has 0 N–H and O–H groups in total. The Balaban J connectivity index is 1.44. The van der Waals surface area contributed by atoms with E-state index in [0.29, 0.717) is 0 Å². The maximum atomic E-state index is 5.82. The van der Waals surface area contributed by atoms with Crippen LogP contribution in [-0.4, -0.2) is 21.2 Å². The first-order chi connectivity index (χ1) is 18.0. The predicted octanol–water partition coefficient (Wildman–Crippen LogP) is 8.80. The van der Waals surface area contributed by atoms with Gasteiger partial charge in [-0.25, -0.2) is 0 Å². The molecule has 4 aromatic rings. The van der Waals surface area contributed by atoms with Gasteiger partial charge in [0.1, 0.15) is 6.10 Å². The summed E-state index contributed by atoms with van der Waals surface area (Å²) < 4.78 is 5.82. The summed E-state index contributed by atoms with van der Waals surface area (Å²) >= 11 is 0. The molecule has 0 aromatic heterocycles. The lowest BCUT2D eigenvalue weighted by Crippen LogP contribution is -2.10. The van der Waals surface area contributed by atoms with Crippen LogP contribution in [0.3, 0.4) is 0 Å². The van der Waals surface area contributed by atoms with E-state index >= 15 is 0 Å². The smallest absolute Gasteiger partial charge is 0.101 e. The fourth-order valence-corrected chi connectivity index (χ4v) is 4.48. The van der Waals surface area contributed by atoms with Crippen molar-refractivity contribution in [1.82, 2.24) is 0 Å². The molecule has 0 aliphatic rings. The van der Waals surface area contributed by atoms with E-state index in [1.807, 2.05) is 12.1 Å². The van der Waals surface area contributed by atoms with Gasteiger partial charge in [0.15, 0.2) is 0 Å². The molecule has 4 aromatic carbocycles. The highest BCUT2D eigenvalue weighted by atomic mass is 16.5. The number of rotatable bonds is 9. The van der Waals surface area contributed by atoms with Crippen LogP contribution in [0.4, 0.5) is 22.7 Å². The second kappa shape index (κ2) is 12.2. The lowest BCUT2D eigenvalue weighted by molar-refractivity contribution is 0.142. The fourth-order valence-electron chi connectivity index (χ4n) is 4.48. The van der Waals surface area contributed by atoms with Gasteiger partial charge in [-0.15, -0.1) is 0 Å². The van der Waals surface area contributed by atoms with Crippen LogP contribution in [0, 0.1) is 13.8 Å². The molecule has 188 valence electrons. The first kappa shape index (κ1) is 26.0. The number of methoxy groups -OCH3 is 1. The van der Waals surface area contributed by atoms with E-state index in [2.05, 4.69) is 147 Å². The summed E-state index contributed by atoms with van der Waals surface area (Å²) in [7, 11) is 5.95. The van der Waals surface area contributed by atoms with Crippen molar-refractivity contribution in [3.05, 3.63) is 138 Å². The molecule has 0 bridgehead atoms. The Kier molecular flexibility index (Phi) is 8.60. The van der Waals surface area contributed by atoms with Crippen molar-refractivity contribution in [1.29, 1.82) is 0 Å². The van der Waals surface area contributed by atoms with Gasteiger partial charge in [-0.1, -0.05) is 72.8 Å². The quantitative estimate of drug-likeness (QED) is 0.219. The summed E-state index contributed by atoms with van der Waals surface area (Å²) in [6.07, 6.45) is 8.30. The van der Waals surface area contributed by atoms with Crippen LogP contribution in [0.5, 0.6) is 0 Å². The topological polar surface area (TPSA) is 15.7 Å². The Bertz CT molecular complexity index is 1360. The van der Waals surface area contributed by atoms with Crippen LogP contribution in [0.25, 0.3) is 6.08 Å². The summed E-state index contributed by atoms with van der Waals surface area (Å²) in [4.78, 5) is 4.40. The molecule has 0 aliphatic carbocycles. The number of hydrogen-bond donors (Lipinski definition) is 0. The lowest BCUT2D eigenvalue weighted by Gasteiger charge is -2.22. The van der Waals surface area contributed by atoms with Crippen LogP contribution in [0.15, 0.2) is 115 Å². The molecule has 1 unspecified atom stereocenters. The van der Waals surface area contributed by atoms with E-state index in [1.165, 1.54) is 33.6 Å². The average molecular weight is 489 g/mol. The van der Waals surface area contributed by atoms with Gasteiger partial charge in [-0.3, -0.25) is 0 Å². The maximum Gasteiger partial charge on any atom is 0.101 e. The van der Waals surface area contributed by atoms with Crippen LogP contribution in [0.2, 0.25) is 0 Å². The molecule has 0 aliphatic heterocycles. The zero-order valence-electron chi connectivity index (χ0n) is 22.4. The number of aryl methyl sites for hydroxylation is 2. The van der Waals surface area contributed by atoms with Crippen molar-refractivity contribution in [2.75, 3.05) is 31.0 Å². The third kappa shape index (κ3) is 6.38. The van der Waals surface area contributed by atoms with Gasteiger partial charge in [-0.05, 0) is 84.6 Å².